The van der Waals surface area contributed by atoms with Gasteiger partial charge < -0.3 is 15.3 Å². The van der Waals surface area contributed by atoms with Crippen LogP contribution in [-0.2, 0) is 6.42 Å². The van der Waals surface area contributed by atoms with E-state index in [0.717, 1.165) is 6.42 Å². The van der Waals surface area contributed by atoms with Gasteiger partial charge in [0.25, 0.3) is 0 Å². The van der Waals surface area contributed by atoms with Crippen molar-refractivity contribution in [3.05, 3.63) is 59.7 Å². The summed E-state index contributed by atoms with van der Waals surface area (Å²) in [5.74, 6) is -1.14. The lowest BCUT2D eigenvalue weighted by atomic mass is 10.1. The summed E-state index contributed by atoms with van der Waals surface area (Å²) in [4.78, 5) is 0. The predicted molar refractivity (Wildman–Crippen MR) is 70.6 cm³/mol. The largest absolute Gasteiger partial charge is 0.504 e. The van der Waals surface area contributed by atoms with E-state index < -0.39 is 5.75 Å². The van der Waals surface area contributed by atoms with Crippen molar-refractivity contribution in [3.63, 3.8) is 0 Å². The van der Waals surface area contributed by atoms with Crippen molar-refractivity contribution < 1.29 is 15.3 Å². The molecule has 2 aromatic rings. The standard InChI is InChI=1S/C15H14O3/c16-13-9-12(10-14(17)15(13)18)8-4-7-11-5-2-1-3-6-11/h1-6,8-10,16-18H,7H2/b8-4-. The molecule has 0 saturated heterocycles. The molecular formula is C15H14O3. The van der Waals surface area contributed by atoms with Gasteiger partial charge in [-0.2, -0.15) is 0 Å². The minimum absolute atomic E-state index is 0.325. The average molecular weight is 242 g/mol. The third-order valence-electron chi connectivity index (χ3n) is 2.60. The van der Waals surface area contributed by atoms with E-state index in [2.05, 4.69) is 0 Å². The van der Waals surface area contributed by atoms with Gasteiger partial charge in [0.1, 0.15) is 0 Å². The van der Waals surface area contributed by atoms with Crippen LogP contribution in [0.15, 0.2) is 48.5 Å². The second kappa shape index (κ2) is 5.27. The molecule has 3 N–H and O–H groups in total. The summed E-state index contributed by atoms with van der Waals surface area (Å²) in [6.07, 6.45) is 4.48. The maximum atomic E-state index is 9.35. The van der Waals surface area contributed by atoms with E-state index in [9.17, 15) is 15.3 Å². The highest BCUT2D eigenvalue weighted by molar-refractivity contribution is 5.60. The van der Waals surface area contributed by atoms with Crippen LogP contribution in [0.3, 0.4) is 0 Å². The molecule has 0 atom stereocenters. The van der Waals surface area contributed by atoms with Gasteiger partial charge in [-0.15, -0.1) is 0 Å². The van der Waals surface area contributed by atoms with Gasteiger partial charge in [0.15, 0.2) is 17.2 Å². The normalized spacial score (nSPS) is 10.9. The summed E-state index contributed by atoms with van der Waals surface area (Å²) in [5.41, 5.74) is 1.82. The predicted octanol–water partition coefficient (Wildman–Crippen LogP) is 3.06. The number of phenolic OH excluding ortho intramolecular Hbond substituents is 3. The van der Waals surface area contributed by atoms with Crippen LogP contribution in [0.2, 0.25) is 0 Å². The molecule has 2 aromatic carbocycles. The molecule has 0 amide bonds. The molecular weight excluding hydrogens is 228 g/mol. The van der Waals surface area contributed by atoms with E-state index in [4.69, 9.17) is 0 Å². The Labute approximate surface area is 105 Å². The summed E-state index contributed by atoms with van der Waals surface area (Å²) >= 11 is 0. The van der Waals surface area contributed by atoms with Crippen molar-refractivity contribution in [1.29, 1.82) is 0 Å². The third kappa shape index (κ3) is 2.83. The third-order valence-corrected chi connectivity index (χ3v) is 2.60. The van der Waals surface area contributed by atoms with E-state index in [1.165, 1.54) is 17.7 Å². The zero-order valence-corrected chi connectivity index (χ0v) is 9.74. The first-order valence-electron chi connectivity index (χ1n) is 5.62. The van der Waals surface area contributed by atoms with Crippen molar-refractivity contribution in [1.82, 2.24) is 0 Å². The van der Waals surface area contributed by atoms with Crippen LogP contribution in [0.25, 0.3) is 6.08 Å². The molecule has 92 valence electrons. The molecule has 0 unspecified atom stereocenters. The van der Waals surface area contributed by atoms with Crippen LogP contribution in [0, 0.1) is 0 Å². The maximum absolute atomic E-state index is 9.35. The second-order valence-corrected chi connectivity index (χ2v) is 4.00. The Hall–Kier alpha value is -2.42. The molecule has 18 heavy (non-hydrogen) atoms. The molecule has 0 fully saturated rings. The molecule has 0 spiro atoms. The van der Waals surface area contributed by atoms with Gasteiger partial charge in [-0.25, -0.2) is 0 Å². The number of allylic oxidation sites excluding steroid dienone is 1. The summed E-state index contributed by atoms with van der Waals surface area (Å²) in [6, 6.07) is 12.8. The minimum Gasteiger partial charge on any atom is -0.504 e. The van der Waals surface area contributed by atoms with Crippen LogP contribution in [0.5, 0.6) is 17.2 Å². The first kappa shape index (κ1) is 12.0. The first-order valence-corrected chi connectivity index (χ1v) is 5.62. The van der Waals surface area contributed by atoms with E-state index in [-0.39, 0.29) is 11.5 Å². The molecule has 0 aliphatic rings. The van der Waals surface area contributed by atoms with Gasteiger partial charge in [0.05, 0.1) is 0 Å². The van der Waals surface area contributed by atoms with Crippen LogP contribution in [0.1, 0.15) is 11.1 Å². The SMILES string of the molecule is Oc1cc(/C=C\Cc2ccccc2)cc(O)c1O. The summed E-state index contributed by atoms with van der Waals surface area (Å²) in [7, 11) is 0. The fraction of sp³-hybridized carbons (Fsp3) is 0.0667. The number of hydrogen-bond donors (Lipinski definition) is 3. The Balaban J connectivity index is 2.10. The van der Waals surface area contributed by atoms with Crippen molar-refractivity contribution in [3.8, 4) is 17.2 Å². The Morgan fingerprint density at radius 2 is 1.50 bits per heavy atom. The van der Waals surface area contributed by atoms with Gasteiger partial charge in [-0.1, -0.05) is 42.5 Å². The number of hydrogen-bond acceptors (Lipinski definition) is 3. The topological polar surface area (TPSA) is 60.7 Å². The molecule has 0 aliphatic carbocycles. The molecule has 0 heterocycles. The van der Waals surface area contributed by atoms with Gasteiger partial charge in [-0.3, -0.25) is 0 Å². The monoisotopic (exact) mass is 242 g/mol. The molecule has 0 saturated carbocycles. The summed E-state index contributed by atoms with van der Waals surface area (Å²) in [6.45, 7) is 0. The quantitative estimate of drug-likeness (QED) is 0.725. The summed E-state index contributed by atoms with van der Waals surface area (Å²) < 4.78 is 0. The van der Waals surface area contributed by atoms with E-state index in [0.29, 0.717) is 5.56 Å². The first-order chi connectivity index (χ1) is 8.66. The van der Waals surface area contributed by atoms with Crippen LogP contribution >= 0.6 is 0 Å². The molecule has 0 aromatic heterocycles. The van der Waals surface area contributed by atoms with Crippen LogP contribution < -0.4 is 0 Å². The van der Waals surface area contributed by atoms with Gasteiger partial charge in [-0.05, 0) is 29.7 Å². The molecule has 3 nitrogen and oxygen atoms in total. The minimum atomic E-state index is -0.491. The number of aromatic hydroxyl groups is 3. The molecule has 0 bridgehead atoms. The maximum Gasteiger partial charge on any atom is 0.200 e. The highest BCUT2D eigenvalue weighted by atomic mass is 16.3. The smallest absolute Gasteiger partial charge is 0.200 e. The van der Waals surface area contributed by atoms with E-state index >= 15 is 0 Å². The van der Waals surface area contributed by atoms with Crippen molar-refractivity contribution >= 4 is 6.08 Å². The lowest BCUT2D eigenvalue weighted by molar-refractivity contribution is 0.368. The highest BCUT2D eigenvalue weighted by Gasteiger charge is 2.05. The van der Waals surface area contributed by atoms with Gasteiger partial charge >= 0.3 is 0 Å². The van der Waals surface area contributed by atoms with Crippen molar-refractivity contribution in [2.45, 2.75) is 6.42 Å². The van der Waals surface area contributed by atoms with E-state index in [1.54, 1.807) is 6.08 Å². The lowest BCUT2D eigenvalue weighted by Gasteiger charge is -2.02. The van der Waals surface area contributed by atoms with Gasteiger partial charge in [0.2, 0.25) is 0 Å². The lowest BCUT2D eigenvalue weighted by Crippen LogP contribution is -1.79. The zero-order valence-electron chi connectivity index (χ0n) is 9.74. The summed E-state index contributed by atoms with van der Waals surface area (Å²) in [5, 5.41) is 27.9. The van der Waals surface area contributed by atoms with Crippen molar-refractivity contribution in [2.24, 2.45) is 0 Å². The van der Waals surface area contributed by atoms with Crippen LogP contribution in [-0.4, -0.2) is 15.3 Å². The number of benzene rings is 2. The highest BCUT2D eigenvalue weighted by Crippen LogP contribution is 2.35. The number of rotatable bonds is 3. The fourth-order valence-corrected chi connectivity index (χ4v) is 1.67. The Morgan fingerprint density at radius 1 is 0.889 bits per heavy atom. The second-order valence-electron chi connectivity index (χ2n) is 4.00. The van der Waals surface area contributed by atoms with Crippen molar-refractivity contribution in [2.75, 3.05) is 0 Å². The Bertz CT molecular complexity index is 536. The molecule has 0 aliphatic heterocycles. The molecule has 2 rings (SSSR count). The molecule has 3 heteroatoms. The van der Waals surface area contributed by atoms with E-state index in [1.807, 2.05) is 36.4 Å². The zero-order chi connectivity index (χ0) is 13.0. The fourth-order valence-electron chi connectivity index (χ4n) is 1.67. The van der Waals surface area contributed by atoms with Crippen LogP contribution in [0.4, 0.5) is 0 Å². The Morgan fingerprint density at radius 3 is 2.11 bits per heavy atom. The average Bonchev–Trinajstić information content (AvgIpc) is 2.37. The van der Waals surface area contributed by atoms with Gasteiger partial charge in [0, 0.05) is 0 Å². The number of phenols is 3. The Kier molecular flexibility index (Phi) is 3.53. The molecule has 0 radical (unpaired) electrons.